The summed E-state index contributed by atoms with van der Waals surface area (Å²) in [5, 5.41) is 20.8. The SMILES string of the molecule is O=C(O)Cn1c(-c2cn[nH]c2)ncc(NCc2ccc3oc4ccccc4c3c2)c1=O. The van der Waals surface area contributed by atoms with E-state index in [9.17, 15) is 14.7 Å². The number of aliphatic carboxylic acids is 1. The van der Waals surface area contributed by atoms with Gasteiger partial charge in [0.05, 0.1) is 18.0 Å². The summed E-state index contributed by atoms with van der Waals surface area (Å²) in [7, 11) is 0. The summed E-state index contributed by atoms with van der Waals surface area (Å²) >= 11 is 0. The number of fused-ring (bicyclic) bond motifs is 3. The second-order valence-corrected chi connectivity index (χ2v) is 7.05. The summed E-state index contributed by atoms with van der Waals surface area (Å²) in [5.74, 6) is -0.902. The van der Waals surface area contributed by atoms with Crippen LogP contribution in [0.2, 0.25) is 0 Å². The average Bonchev–Trinajstić information content (AvgIpc) is 3.42. The van der Waals surface area contributed by atoms with Gasteiger partial charge in [-0.3, -0.25) is 19.3 Å². The number of furan rings is 1. The van der Waals surface area contributed by atoms with Gasteiger partial charge in [0.15, 0.2) is 0 Å². The molecule has 0 aliphatic heterocycles. The van der Waals surface area contributed by atoms with Crippen molar-refractivity contribution in [1.82, 2.24) is 19.7 Å². The Morgan fingerprint density at radius 1 is 1.13 bits per heavy atom. The molecule has 0 unspecified atom stereocenters. The van der Waals surface area contributed by atoms with Crippen molar-refractivity contribution in [2.24, 2.45) is 0 Å². The van der Waals surface area contributed by atoms with Crippen LogP contribution in [0.5, 0.6) is 0 Å². The van der Waals surface area contributed by atoms with Crippen LogP contribution in [-0.2, 0) is 17.9 Å². The zero-order valence-electron chi connectivity index (χ0n) is 16.2. The summed E-state index contributed by atoms with van der Waals surface area (Å²) in [5.41, 5.74) is 2.83. The second kappa shape index (κ2) is 7.45. The van der Waals surface area contributed by atoms with E-state index in [4.69, 9.17) is 4.42 Å². The van der Waals surface area contributed by atoms with E-state index in [-0.39, 0.29) is 11.5 Å². The van der Waals surface area contributed by atoms with Gasteiger partial charge in [0.1, 0.15) is 29.2 Å². The first-order valence-electron chi connectivity index (χ1n) is 9.55. The van der Waals surface area contributed by atoms with Gasteiger partial charge in [-0.25, -0.2) is 4.98 Å². The van der Waals surface area contributed by atoms with E-state index in [0.717, 1.165) is 32.1 Å². The number of nitrogens with zero attached hydrogens (tertiary/aromatic N) is 3. The van der Waals surface area contributed by atoms with Crippen LogP contribution < -0.4 is 10.9 Å². The van der Waals surface area contributed by atoms with Crippen LogP contribution >= 0.6 is 0 Å². The fourth-order valence-corrected chi connectivity index (χ4v) is 3.58. The summed E-state index contributed by atoms with van der Waals surface area (Å²) < 4.78 is 6.96. The molecular formula is C22H17N5O4. The first kappa shape index (κ1) is 18.6. The van der Waals surface area contributed by atoms with E-state index in [1.807, 2.05) is 42.5 Å². The zero-order valence-corrected chi connectivity index (χ0v) is 16.2. The van der Waals surface area contributed by atoms with Gasteiger partial charge in [0, 0.05) is 23.5 Å². The third kappa shape index (κ3) is 3.42. The Labute approximate surface area is 175 Å². The Morgan fingerprint density at radius 3 is 2.77 bits per heavy atom. The Hall–Kier alpha value is -4.40. The number of para-hydroxylation sites is 1. The third-order valence-corrected chi connectivity index (χ3v) is 5.02. The van der Waals surface area contributed by atoms with E-state index in [0.29, 0.717) is 12.1 Å². The van der Waals surface area contributed by atoms with Gasteiger partial charge in [-0.15, -0.1) is 0 Å². The van der Waals surface area contributed by atoms with E-state index >= 15 is 0 Å². The van der Waals surface area contributed by atoms with Crippen molar-refractivity contribution in [1.29, 1.82) is 0 Å². The Kier molecular flexibility index (Phi) is 4.47. The maximum atomic E-state index is 12.9. The van der Waals surface area contributed by atoms with Gasteiger partial charge in [0.2, 0.25) is 0 Å². The standard InChI is InChI=1S/C22H17N5O4/c28-20(29)12-27-21(14-9-25-26-10-14)24-11-17(22(27)30)23-8-13-5-6-19-16(7-13)15-3-1-2-4-18(15)31-19/h1-7,9-11,23H,8,12H2,(H,25,26)(H,28,29). The lowest BCUT2D eigenvalue weighted by atomic mass is 10.1. The molecule has 9 heteroatoms. The molecule has 0 fully saturated rings. The predicted molar refractivity (Wildman–Crippen MR) is 115 cm³/mol. The van der Waals surface area contributed by atoms with E-state index in [1.54, 1.807) is 6.20 Å². The zero-order chi connectivity index (χ0) is 21.4. The molecule has 0 spiro atoms. The summed E-state index contributed by atoms with van der Waals surface area (Å²) in [6, 6.07) is 13.6. The van der Waals surface area contributed by atoms with Crippen LogP contribution in [0.15, 0.2) is 70.3 Å². The number of carbonyl (C=O) groups is 1. The number of hydrogen-bond donors (Lipinski definition) is 3. The number of aromatic nitrogens is 4. The Bertz CT molecular complexity index is 1470. The summed E-state index contributed by atoms with van der Waals surface area (Å²) in [6.45, 7) is -0.140. The molecule has 0 amide bonds. The predicted octanol–water partition coefficient (Wildman–Crippen LogP) is 3.23. The lowest BCUT2D eigenvalue weighted by Crippen LogP contribution is -2.28. The van der Waals surface area contributed by atoms with Crippen LogP contribution in [0.25, 0.3) is 33.3 Å². The molecule has 5 rings (SSSR count). The molecule has 3 heterocycles. The van der Waals surface area contributed by atoms with Crippen molar-refractivity contribution < 1.29 is 14.3 Å². The van der Waals surface area contributed by atoms with Crippen molar-refractivity contribution in [3.8, 4) is 11.4 Å². The molecule has 0 aliphatic carbocycles. The highest BCUT2D eigenvalue weighted by Crippen LogP contribution is 2.29. The monoisotopic (exact) mass is 415 g/mol. The molecule has 9 nitrogen and oxygen atoms in total. The fourth-order valence-electron chi connectivity index (χ4n) is 3.58. The number of rotatable bonds is 6. The maximum absolute atomic E-state index is 12.9. The molecule has 3 aromatic heterocycles. The minimum absolute atomic E-state index is 0.214. The number of benzene rings is 2. The largest absolute Gasteiger partial charge is 0.480 e. The number of nitrogens with one attached hydrogen (secondary N) is 2. The van der Waals surface area contributed by atoms with Gasteiger partial charge in [-0.1, -0.05) is 24.3 Å². The van der Waals surface area contributed by atoms with Gasteiger partial charge in [-0.05, 0) is 23.8 Å². The fraction of sp³-hybridized carbons (Fsp3) is 0.0909. The Balaban J connectivity index is 1.47. The number of carboxylic acids is 1. The molecule has 0 saturated heterocycles. The highest BCUT2D eigenvalue weighted by atomic mass is 16.4. The second-order valence-electron chi connectivity index (χ2n) is 7.05. The summed E-state index contributed by atoms with van der Waals surface area (Å²) in [6.07, 6.45) is 4.45. The molecule has 154 valence electrons. The van der Waals surface area contributed by atoms with Crippen LogP contribution in [-0.4, -0.2) is 30.8 Å². The van der Waals surface area contributed by atoms with Crippen LogP contribution in [0, 0.1) is 0 Å². The normalized spacial score (nSPS) is 11.2. The molecule has 0 bridgehead atoms. The molecule has 2 aromatic carbocycles. The van der Waals surface area contributed by atoms with Gasteiger partial charge in [0.25, 0.3) is 5.56 Å². The Morgan fingerprint density at radius 2 is 1.97 bits per heavy atom. The lowest BCUT2D eigenvalue weighted by molar-refractivity contribution is -0.137. The van der Waals surface area contributed by atoms with Crippen LogP contribution in [0.4, 0.5) is 5.69 Å². The van der Waals surface area contributed by atoms with Gasteiger partial charge < -0.3 is 14.8 Å². The molecule has 3 N–H and O–H groups in total. The number of H-pyrrole nitrogens is 1. The van der Waals surface area contributed by atoms with Crippen molar-refractivity contribution in [2.75, 3.05) is 5.32 Å². The maximum Gasteiger partial charge on any atom is 0.323 e. The third-order valence-electron chi connectivity index (χ3n) is 5.02. The smallest absolute Gasteiger partial charge is 0.323 e. The average molecular weight is 415 g/mol. The van der Waals surface area contributed by atoms with E-state index in [2.05, 4.69) is 20.5 Å². The van der Waals surface area contributed by atoms with Crippen molar-refractivity contribution in [3.05, 3.63) is 77.0 Å². The topological polar surface area (TPSA) is 126 Å². The van der Waals surface area contributed by atoms with Crippen LogP contribution in [0.3, 0.4) is 0 Å². The molecule has 0 aliphatic rings. The highest BCUT2D eigenvalue weighted by Gasteiger charge is 2.15. The summed E-state index contributed by atoms with van der Waals surface area (Å²) in [4.78, 5) is 28.5. The van der Waals surface area contributed by atoms with Crippen molar-refractivity contribution in [3.63, 3.8) is 0 Å². The highest BCUT2D eigenvalue weighted by molar-refractivity contribution is 6.05. The minimum atomic E-state index is -1.14. The molecule has 31 heavy (non-hydrogen) atoms. The van der Waals surface area contributed by atoms with Gasteiger partial charge in [-0.2, -0.15) is 5.10 Å². The van der Waals surface area contributed by atoms with E-state index in [1.165, 1.54) is 12.4 Å². The lowest BCUT2D eigenvalue weighted by Gasteiger charge is -2.12. The van der Waals surface area contributed by atoms with Gasteiger partial charge >= 0.3 is 5.97 Å². The van der Waals surface area contributed by atoms with Crippen LogP contribution in [0.1, 0.15) is 5.56 Å². The quantitative estimate of drug-likeness (QED) is 0.389. The number of carboxylic acid groups (broad SMARTS) is 1. The molecule has 0 radical (unpaired) electrons. The van der Waals surface area contributed by atoms with Crippen molar-refractivity contribution >= 4 is 33.6 Å². The van der Waals surface area contributed by atoms with E-state index < -0.39 is 18.1 Å². The first-order valence-corrected chi connectivity index (χ1v) is 9.55. The first-order chi connectivity index (χ1) is 15.1. The number of anilines is 1. The number of aromatic amines is 1. The molecule has 0 saturated carbocycles. The molecule has 5 aromatic rings. The minimum Gasteiger partial charge on any atom is -0.480 e. The molecule has 0 atom stereocenters. The number of hydrogen-bond acceptors (Lipinski definition) is 6. The molecular weight excluding hydrogens is 398 g/mol. The van der Waals surface area contributed by atoms with Crippen molar-refractivity contribution in [2.45, 2.75) is 13.1 Å².